The van der Waals surface area contributed by atoms with Crippen molar-refractivity contribution in [3.63, 3.8) is 0 Å². The summed E-state index contributed by atoms with van der Waals surface area (Å²) >= 11 is -1.28. The van der Waals surface area contributed by atoms with Crippen LogP contribution >= 0.6 is 0 Å². The fourth-order valence-corrected chi connectivity index (χ4v) is 4.69. The lowest BCUT2D eigenvalue weighted by Crippen LogP contribution is -2.29. The summed E-state index contributed by atoms with van der Waals surface area (Å²) < 4.78 is 33.2. The SMILES string of the molecule is Nc1cnc(-c2ccc(-c3cccnc3[S+]([O-])C3CCOCC3)cc2F)cn1. The van der Waals surface area contributed by atoms with Gasteiger partial charge in [0.25, 0.3) is 5.03 Å². The summed E-state index contributed by atoms with van der Waals surface area (Å²) in [5.41, 5.74) is 7.55. The van der Waals surface area contributed by atoms with Gasteiger partial charge in [-0.2, -0.15) is 0 Å². The monoisotopic (exact) mass is 398 g/mol. The van der Waals surface area contributed by atoms with Gasteiger partial charge in [0.15, 0.2) is 0 Å². The van der Waals surface area contributed by atoms with Gasteiger partial charge in [0, 0.05) is 35.8 Å². The van der Waals surface area contributed by atoms with Gasteiger partial charge in [-0.3, -0.25) is 4.98 Å². The number of ether oxygens (including phenoxy) is 1. The fraction of sp³-hybridized carbons (Fsp3) is 0.250. The molecule has 2 aromatic heterocycles. The van der Waals surface area contributed by atoms with Gasteiger partial charge in [0.1, 0.15) is 16.9 Å². The number of hydrogen-bond acceptors (Lipinski definition) is 6. The van der Waals surface area contributed by atoms with Gasteiger partial charge in [0.2, 0.25) is 0 Å². The first-order valence-electron chi connectivity index (χ1n) is 8.94. The molecule has 6 nitrogen and oxygen atoms in total. The van der Waals surface area contributed by atoms with Gasteiger partial charge in [-0.05, 0) is 29.8 Å². The van der Waals surface area contributed by atoms with Gasteiger partial charge in [-0.25, -0.2) is 14.4 Å². The number of rotatable bonds is 4. The van der Waals surface area contributed by atoms with Crippen LogP contribution in [0.3, 0.4) is 0 Å². The van der Waals surface area contributed by atoms with Crippen LogP contribution in [-0.4, -0.2) is 38.0 Å². The highest BCUT2D eigenvalue weighted by atomic mass is 32.2. The second-order valence-electron chi connectivity index (χ2n) is 6.49. The molecule has 1 aliphatic rings. The Morgan fingerprint density at radius 3 is 2.61 bits per heavy atom. The normalized spacial score (nSPS) is 16.1. The maximum absolute atomic E-state index is 14.8. The zero-order valence-corrected chi connectivity index (χ0v) is 15.9. The Labute approximate surface area is 165 Å². The van der Waals surface area contributed by atoms with Crippen molar-refractivity contribution < 1.29 is 13.7 Å². The number of nitrogen functional groups attached to an aromatic ring is 1. The minimum Gasteiger partial charge on any atom is -0.610 e. The molecule has 1 saturated heterocycles. The molecule has 0 spiro atoms. The molecule has 144 valence electrons. The first-order valence-corrected chi connectivity index (χ1v) is 10.2. The second kappa shape index (κ2) is 8.22. The van der Waals surface area contributed by atoms with Gasteiger partial charge < -0.3 is 15.0 Å². The van der Waals surface area contributed by atoms with Gasteiger partial charge >= 0.3 is 0 Å². The number of pyridine rings is 1. The molecule has 28 heavy (non-hydrogen) atoms. The quantitative estimate of drug-likeness (QED) is 0.678. The highest BCUT2D eigenvalue weighted by Gasteiger charge is 2.30. The fourth-order valence-electron chi connectivity index (χ4n) is 3.19. The first kappa shape index (κ1) is 18.8. The Kier molecular flexibility index (Phi) is 5.52. The van der Waals surface area contributed by atoms with E-state index in [1.54, 1.807) is 24.4 Å². The number of hydrogen-bond donors (Lipinski definition) is 1. The Bertz CT molecular complexity index is 965. The van der Waals surface area contributed by atoms with Crippen molar-refractivity contribution in [2.75, 3.05) is 18.9 Å². The Hall–Kier alpha value is -2.55. The third-order valence-electron chi connectivity index (χ3n) is 4.66. The molecule has 0 aliphatic carbocycles. The number of nitrogens with zero attached hydrogens (tertiary/aromatic N) is 3. The molecule has 1 aromatic carbocycles. The van der Waals surface area contributed by atoms with Crippen molar-refractivity contribution in [1.29, 1.82) is 0 Å². The lowest BCUT2D eigenvalue weighted by atomic mass is 10.0. The van der Waals surface area contributed by atoms with Crippen molar-refractivity contribution in [3.8, 4) is 22.4 Å². The average molecular weight is 398 g/mol. The number of anilines is 1. The maximum atomic E-state index is 14.8. The number of nitrogens with two attached hydrogens (primary N) is 1. The highest BCUT2D eigenvalue weighted by molar-refractivity contribution is 7.92. The van der Waals surface area contributed by atoms with E-state index < -0.39 is 17.0 Å². The van der Waals surface area contributed by atoms with E-state index in [0.29, 0.717) is 40.6 Å². The van der Waals surface area contributed by atoms with Crippen LogP contribution < -0.4 is 5.73 Å². The van der Waals surface area contributed by atoms with Crippen LogP contribution in [0.1, 0.15) is 12.8 Å². The summed E-state index contributed by atoms with van der Waals surface area (Å²) in [6.45, 7) is 1.20. The minimum atomic E-state index is -1.28. The molecule has 3 aromatic rings. The molecule has 4 rings (SSSR count). The van der Waals surface area contributed by atoms with Gasteiger partial charge in [0.05, 0.1) is 36.9 Å². The van der Waals surface area contributed by atoms with Crippen molar-refractivity contribution in [2.24, 2.45) is 0 Å². The molecule has 1 unspecified atom stereocenters. The van der Waals surface area contributed by atoms with E-state index in [9.17, 15) is 8.94 Å². The standard InChI is InChI=1S/C20H19FN4O2S/c21-17-10-13(3-4-16(17)18-11-25-19(22)12-24-18)15-2-1-7-23-20(15)28(26)14-5-8-27-9-6-14/h1-4,7,10-12,14H,5-6,8-9H2,(H2,22,25). The largest absolute Gasteiger partial charge is 0.610 e. The van der Waals surface area contributed by atoms with Crippen molar-refractivity contribution in [2.45, 2.75) is 23.1 Å². The van der Waals surface area contributed by atoms with Crippen molar-refractivity contribution in [3.05, 3.63) is 54.7 Å². The predicted octanol–water partition coefficient (Wildman–Crippen LogP) is 3.21. The van der Waals surface area contributed by atoms with Crippen molar-refractivity contribution >= 4 is 17.0 Å². The lowest BCUT2D eigenvalue weighted by molar-refractivity contribution is 0.0983. The smallest absolute Gasteiger partial charge is 0.252 e. The molecular formula is C20H19FN4O2S. The molecular weight excluding hydrogens is 379 g/mol. The first-order chi connectivity index (χ1) is 13.6. The number of benzene rings is 1. The molecule has 0 bridgehead atoms. The van der Waals surface area contributed by atoms with Crippen LogP contribution in [0, 0.1) is 5.82 Å². The van der Waals surface area contributed by atoms with E-state index in [4.69, 9.17) is 10.5 Å². The summed E-state index contributed by atoms with van der Waals surface area (Å²) in [5.74, 6) is -0.167. The van der Waals surface area contributed by atoms with Crippen LogP contribution in [0.4, 0.5) is 10.2 Å². The van der Waals surface area contributed by atoms with Crippen molar-refractivity contribution in [1.82, 2.24) is 15.0 Å². The molecule has 3 heterocycles. The highest BCUT2D eigenvalue weighted by Crippen LogP contribution is 2.33. The van der Waals surface area contributed by atoms with Crippen LogP contribution in [-0.2, 0) is 15.9 Å². The molecule has 0 radical (unpaired) electrons. The molecule has 0 saturated carbocycles. The molecule has 8 heteroatoms. The Morgan fingerprint density at radius 2 is 1.89 bits per heavy atom. The van der Waals surface area contributed by atoms with E-state index >= 15 is 0 Å². The summed E-state index contributed by atoms with van der Waals surface area (Å²) in [6.07, 6.45) is 5.89. The van der Waals surface area contributed by atoms with Gasteiger partial charge in [-0.15, -0.1) is 0 Å². The van der Waals surface area contributed by atoms with Crippen LogP contribution in [0.5, 0.6) is 0 Å². The summed E-state index contributed by atoms with van der Waals surface area (Å²) in [7, 11) is 0. The third-order valence-corrected chi connectivity index (χ3v) is 6.44. The molecule has 2 N–H and O–H groups in total. The number of aromatic nitrogens is 3. The topological polar surface area (TPSA) is 97.0 Å². The molecule has 1 fully saturated rings. The summed E-state index contributed by atoms with van der Waals surface area (Å²) in [6, 6.07) is 8.40. The third kappa shape index (κ3) is 3.84. The van der Waals surface area contributed by atoms with Crippen LogP contribution in [0.2, 0.25) is 0 Å². The average Bonchev–Trinajstić information content (AvgIpc) is 2.74. The molecule has 1 aliphatic heterocycles. The maximum Gasteiger partial charge on any atom is 0.252 e. The minimum absolute atomic E-state index is 0.00317. The van der Waals surface area contributed by atoms with E-state index in [1.807, 2.05) is 6.07 Å². The Balaban J connectivity index is 1.68. The summed E-state index contributed by atoms with van der Waals surface area (Å²) in [4.78, 5) is 12.4. The van der Waals surface area contributed by atoms with Gasteiger partial charge in [-0.1, -0.05) is 6.07 Å². The predicted molar refractivity (Wildman–Crippen MR) is 105 cm³/mol. The van der Waals surface area contributed by atoms with E-state index in [0.717, 1.165) is 12.8 Å². The molecule has 0 amide bonds. The van der Waals surface area contributed by atoms with Crippen LogP contribution in [0.25, 0.3) is 22.4 Å². The summed E-state index contributed by atoms with van der Waals surface area (Å²) in [5, 5.41) is 0.477. The van der Waals surface area contributed by atoms with E-state index in [1.165, 1.54) is 18.5 Å². The number of halogens is 1. The zero-order chi connectivity index (χ0) is 19.5. The Morgan fingerprint density at radius 1 is 1.07 bits per heavy atom. The molecule has 1 atom stereocenters. The van der Waals surface area contributed by atoms with E-state index in [2.05, 4.69) is 15.0 Å². The lowest BCUT2D eigenvalue weighted by Gasteiger charge is -2.25. The second-order valence-corrected chi connectivity index (χ2v) is 8.13. The van der Waals surface area contributed by atoms with Crippen LogP contribution in [0.15, 0.2) is 53.9 Å². The zero-order valence-electron chi connectivity index (χ0n) is 15.0. The van der Waals surface area contributed by atoms with E-state index in [-0.39, 0.29) is 11.1 Å².